The molecule has 5 nitrogen and oxygen atoms in total. The Balaban J connectivity index is 1.50. The number of hydrogen-bond donors (Lipinski definition) is 2. The van der Waals surface area contributed by atoms with Gasteiger partial charge in [-0.1, -0.05) is 0 Å². The van der Waals surface area contributed by atoms with Crippen LogP contribution in [0.15, 0.2) is 41.1 Å². The van der Waals surface area contributed by atoms with Gasteiger partial charge in [0.15, 0.2) is 5.11 Å². The van der Waals surface area contributed by atoms with Crippen LogP contribution < -0.4 is 15.5 Å². The molecule has 116 valence electrons. The summed E-state index contributed by atoms with van der Waals surface area (Å²) >= 11 is 5.27. The number of nitrogens with zero attached hydrogens (tertiary/aromatic N) is 2. The molecule has 0 bridgehead atoms. The molecule has 0 amide bonds. The van der Waals surface area contributed by atoms with Crippen molar-refractivity contribution >= 4 is 28.8 Å². The molecule has 0 spiro atoms. The molecule has 1 fully saturated rings. The summed E-state index contributed by atoms with van der Waals surface area (Å²) < 4.78 is 5.25. The summed E-state index contributed by atoms with van der Waals surface area (Å²) in [5.74, 6) is 1.89. The van der Waals surface area contributed by atoms with Crippen LogP contribution in [0.4, 0.5) is 11.5 Å². The fourth-order valence-corrected chi connectivity index (χ4v) is 2.72. The van der Waals surface area contributed by atoms with E-state index in [4.69, 9.17) is 16.6 Å². The Labute approximate surface area is 135 Å². The number of anilines is 2. The molecule has 2 aromatic rings. The van der Waals surface area contributed by atoms with Gasteiger partial charge in [-0.15, -0.1) is 0 Å². The lowest BCUT2D eigenvalue weighted by atomic mass is 10.1. The molecule has 2 aromatic heterocycles. The Morgan fingerprint density at radius 3 is 2.77 bits per heavy atom. The van der Waals surface area contributed by atoms with E-state index >= 15 is 0 Å². The maximum absolute atomic E-state index is 5.27. The second-order valence-corrected chi connectivity index (χ2v) is 5.75. The smallest absolute Gasteiger partial charge is 0.171 e. The van der Waals surface area contributed by atoms with E-state index in [-0.39, 0.29) is 0 Å². The summed E-state index contributed by atoms with van der Waals surface area (Å²) in [4.78, 5) is 6.86. The van der Waals surface area contributed by atoms with E-state index < -0.39 is 0 Å². The molecule has 1 saturated heterocycles. The standard InChI is InChI=1S/C16H20N4OS/c22-16(18-12-14-5-4-10-21-14)19-13-6-7-15(17-11-13)20-8-2-1-3-9-20/h4-7,10-11H,1-3,8-9,12H2,(H2,18,19,22). The van der Waals surface area contributed by atoms with Crippen LogP contribution in [0.5, 0.6) is 0 Å². The normalized spacial score (nSPS) is 14.6. The summed E-state index contributed by atoms with van der Waals surface area (Å²) in [6.45, 7) is 2.77. The van der Waals surface area contributed by atoms with Crippen molar-refractivity contribution in [3.05, 3.63) is 42.5 Å². The van der Waals surface area contributed by atoms with Gasteiger partial charge in [-0.05, 0) is 55.7 Å². The third-order valence-corrected chi connectivity index (χ3v) is 3.94. The Morgan fingerprint density at radius 1 is 1.23 bits per heavy atom. The first-order chi connectivity index (χ1) is 10.8. The van der Waals surface area contributed by atoms with Crippen LogP contribution in [0, 0.1) is 0 Å². The summed E-state index contributed by atoms with van der Waals surface area (Å²) in [6, 6.07) is 7.82. The first kappa shape index (κ1) is 14.8. The van der Waals surface area contributed by atoms with E-state index in [0.29, 0.717) is 11.7 Å². The molecule has 3 rings (SSSR count). The Bertz CT molecular complexity index is 591. The van der Waals surface area contributed by atoms with Crippen LogP contribution in [-0.2, 0) is 6.54 Å². The van der Waals surface area contributed by atoms with Crippen molar-refractivity contribution in [2.24, 2.45) is 0 Å². The summed E-state index contributed by atoms with van der Waals surface area (Å²) in [7, 11) is 0. The number of furan rings is 1. The quantitative estimate of drug-likeness (QED) is 0.845. The molecular formula is C16H20N4OS. The molecule has 0 aliphatic carbocycles. The van der Waals surface area contributed by atoms with Crippen molar-refractivity contribution < 1.29 is 4.42 Å². The third kappa shape index (κ3) is 3.98. The lowest BCUT2D eigenvalue weighted by molar-refractivity contribution is 0.503. The van der Waals surface area contributed by atoms with Crippen molar-refractivity contribution in [1.82, 2.24) is 10.3 Å². The van der Waals surface area contributed by atoms with Crippen LogP contribution in [-0.4, -0.2) is 23.2 Å². The van der Waals surface area contributed by atoms with Crippen LogP contribution in [0.1, 0.15) is 25.0 Å². The second-order valence-electron chi connectivity index (χ2n) is 5.34. The van der Waals surface area contributed by atoms with Gasteiger partial charge in [0.2, 0.25) is 0 Å². The highest BCUT2D eigenvalue weighted by atomic mass is 32.1. The van der Waals surface area contributed by atoms with E-state index in [1.165, 1.54) is 19.3 Å². The van der Waals surface area contributed by atoms with Gasteiger partial charge >= 0.3 is 0 Å². The molecule has 3 heterocycles. The van der Waals surface area contributed by atoms with E-state index in [1.54, 1.807) is 6.26 Å². The zero-order valence-electron chi connectivity index (χ0n) is 12.4. The fraction of sp³-hybridized carbons (Fsp3) is 0.375. The van der Waals surface area contributed by atoms with Gasteiger partial charge in [0.1, 0.15) is 11.6 Å². The maximum atomic E-state index is 5.27. The van der Waals surface area contributed by atoms with Gasteiger partial charge in [0.25, 0.3) is 0 Å². The van der Waals surface area contributed by atoms with E-state index in [2.05, 4.69) is 20.5 Å². The minimum Gasteiger partial charge on any atom is -0.467 e. The molecule has 0 aromatic carbocycles. The number of rotatable bonds is 4. The molecule has 1 aliphatic heterocycles. The molecule has 22 heavy (non-hydrogen) atoms. The van der Waals surface area contributed by atoms with E-state index in [1.807, 2.05) is 30.5 Å². The molecule has 2 N–H and O–H groups in total. The lowest BCUT2D eigenvalue weighted by Crippen LogP contribution is -2.30. The molecule has 1 aliphatic rings. The minimum absolute atomic E-state index is 0.559. The molecule has 0 atom stereocenters. The zero-order chi connectivity index (χ0) is 15.2. The summed E-state index contributed by atoms with van der Waals surface area (Å²) in [5.41, 5.74) is 0.887. The number of hydrogen-bond acceptors (Lipinski definition) is 4. The van der Waals surface area contributed by atoms with Gasteiger partial charge in [-0.25, -0.2) is 4.98 Å². The van der Waals surface area contributed by atoms with E-state index in [9.17, 15) is 0 Å². The molecule has 0 unspecified atom stereocenters. The second kappa shape index (κ2) is 7.26. The Kier molecular flexibility index (Phi) is 4.90. The van der Waals surface area contributed by atoms with Crippen LogP contribution >= 0.6 is 12.2 Å². The van der Waals surface area contributed by atoms with Gasteiger partial charge in [-0.3, -0.25) is 0 Å². The topological polar surface area (TPSA) is 53.3 Å². The minimum atomic E-state index is 0.559. The van der Waals surface area contributed by atoms with Crippen molar-refractivity contribution in [1.29, 1.82) is 0 Å². The van der Waals surface area contributed by atoms with Crippen LogP contribution in [0.3, 0.4) is 0 Å². The number of aromatic nitrogens is 1. The maximum Gasteiger partial charge on any atom is 0.171 e. The molecule has 0 radical (unpaired) electrons. The lowest BCUT2D eigenvalue weighted by Gasteiger charge is -2.27. The van der Waals surface area contributed by atoms with Gasteiger partial charge in [-0.2, -0.15) is 0 Å². The number of pyridine rings is 1. The zero-order valence-corrected chi connectivity index (χ0v) is 13.2. The highest BCUT2D eigenvalue weighted by Gasteiger charge is 2.11. The average Bonchev–Trinajstić information content (AvgIpc) is 3.08. The Hall–Kier alpha value is -2.08. The number of piperidine rings is 1. The first-order valence-corrected chi connectivity index (χ1v) is 8.00. The number of thiocarbonyl (C=S) groups is 1. The highest BCUT2D eigenvalue weighted by Crippen LogP contribution is 2.18. The van der Waals surface area contributed by atoms with Crippen molar-refractivity contribution in [3.8, 4) is 0 Å². The van der Waals surface area contributed by atoms with Gasteiger partial charge in [0, 0.05) is 13.1 Å². The monoisotopic (exact) mass is 316 g/mol. The average molecular weight is 316 g/mol. The van der Waals surface area contributed by atoms with Gasteiger partial charge in [0.05, 0.1) is 24.7 Å². The first-order valence-electron chi connectivity index (χ1n) is 7.59. The molecule has 6 heteroatoms. The number of nitrogens with one attached hydrogen (secondary N) is 2. The van der Waals surface area contributed by atoms with E-state index in [0.717, 1.165) is 30.4 Å². The summed E-state index contributed by atoms with van der Waals surface area (Å²) in [5, 5.41) is 6.79. The molecular weight excluding hydrogens is 296 g/mol. The largest absolute Gasteiger partial charge is 0.467 e. The predicted molar refractivity (Wildman–Crippen MR) is 92.1 cm³/mol. The predicted octanol–water partition coefficient (Wildman–Crippen LogP) is 3.15. The fourth-order valence-electron chi connectivity index (χ4n) is 2.53. The Morgan fingerprint density at radius 2 is 2.09 bits per heavy atom. The van der Waals surface area contributed by atoms with Crippen LogP contribution in [0.2, 0.25) is 0 Å². The van der Waals surface area contributed by atoms with Crippen molar-refractivity contribution in [2.75, 3.05) is 23.3 Å². The molecule has 0 saturated carbocycles. The SMILES string of the molecule is S=C(NCc1ccco1)Nc1ccc(N2CCCCC2)nc1. The third-order valence-electron chi connectivity index (χ3n) is 3.69. The highest BCUT2D eigenvalue weighted by molar-refractivity contribution is 7.80. The van der Waals surface area contributed by atoms with Gasteiger partial charge < -0.3 is 20.0 Å². The van der Waals surface area contributed by atoms with Crippen LogP contribution in [0.25, 0.3) is 0 Å². The summed E-state index contributed by atoms with van der Waals surface area (Å²) in [6.07, 6.45) is 7.30. The van der Waals surface area contributed by atoms with Crippen molar-refractivity contribution in [2.45, 2.75) is 25.8 Å². The van der Waals surface area contributed by atoms with Crippen molar-refractivity contribution in [3.63, 3.8) is 0 Å².